The van der Waals surface area contributed by atoms with Crippen molar-refractivity contribution < 1.29 is 128 Å². The van der Waals surface area contributed by atoms with E-state index in [2.05, 4.69) is 72.0 Å². The zero-order chi connectivity index (χ0) is 92.7. The van der Waals surface area contributed by atoms with Crippen LogP contribution in [0.25, 0.3) is 0 Å². The van der Waals surface area contributed by atoms with Gasteiger partial charge in [0.15, 0.2) is 41.5 Å². The van der Waals surface area contributed by atoms with E-state index in [9.17, 15) is 24.0 Å². The third-order valence-electron chi connectivity index (χ3n) is 28.1. The molecule has 30 atom stereocenters. The molecule has 0 radical (unpaired) electrons. The van der Waals surface area contributed by atoms with Gasteiger partial charge in [-0.15, -0.1) is 0 Å². The lowest BCUT2D eigenvalue weighted by atomic mass is 9.53. The predicted molar refractivity (Wildman–Crippen MR) is 474 cm³/mol. The number of piperidine rings is 1. The van der Waals surface area contributed by atoms with Crippen molar-refractivity contribution in [3.8, 4) is 0 Å². The van der Waals surface area contributed by atoms with Crippen LogP contribution in [0.2, 0.25) is 0 Å². The van der Waals surface area contributed by atoms with Crippen LogP contribution in [0.3, 0.4) is 0 Å². The summed E-state index contributed by atoms with van der Waals surface area (Å²) in [6.45, 7) is 59.2. The number of nitrogens with one attached hydrogen (secondary N) is 1. The summed E-state index contributed by atoms with van der Waals surface area (Å²) in [5.41, 5.74) is 1.70. The summed E-state index contributed by atoms with van der Waals surface area (Å²) < 4.78 is 120. The largest absolute Gasteiger partial charge is 0.466 e. The highest BCUT2D eigenvalue weighted by Crippen LogP contribution is 2.58. The first kappa shape index (κ1) is 105. The number of hydrogen-bond acceptors (Lipinski definition) is 27. The Kier molecular flexibility index (Phi) is 39.2. The second-order valence-corrected chi connectivity index (χ2v) is 42.8. The second kappa shape index (κ2) is 47.2. The summed E-state index contributed by atoms with van der Waals surface area (Å²) in [6.07, 6.45) is 28.9. The van der Waals surface area contributed by atoms with Crippen molar-refractivity contribution in [3.05, 3.63) is 12.2 Å². The molecule has 17 saturated heterocycles. The third kappa shape index (κ3) is 32.0. The number of carbonyl (C=O) groups excluding carboxylic acids is 5. The maximum Gasteiger partial charge on any atom is 0.309 e. The van der Waals surface area contributed by atoms with Gasteiger partial charge in [0, 0.05) is 62.4 Å². The van der Waals surface area contributed by atoms with E-state index in [1.54, 1.807) is 0 Å². The normalized spacial score (nSPS) is 42.3. The molecule has 6 saturated carbocycles. The summed E-state index contributed by atoms with van der Waals surface area (Å²) in [5.74, 6) is 4.85. The molecule has 1 N–H and O–H groups in total. The van der Waals surface area contributed by atoms with E-state index >= 15 is 0 Å². The van der Waals surface area contributed by atoms with Crippen molar-refractivity contribution >= 4 is 29.8 Å². The van der Waals surface area contributed by atoms with E-state index in [1.165, 1.54) is 89.0 Å². The van der Waals surface area contributed by atoms with Crippen LogP contribution in [0.5, 0.6) is 0 Å². The van der Waals surface area contributed by atoms with Crippen molar-refractivity contribution in [2.24, 2.45) is 70.5 Å². The van der Waals surface area contributed by atoms with Gasteiger partial charge < -0.3 is 110 Å². The SMILES string of the molecule is C=C1C2CC3CC(C2)C(OCC)C1C3.CC1(C)CCOC(=O)C1.CC1C(C2COC(C)(C)O2)OC2OC(C)(C)OC21.CC1C2CC3C(=O)OC1C3C2.CC1CC2CCC1O2.CC1CCCC(=O)N1.CC1CCCC(=O)O1.CC1CCCCO1.CC1CCCO1.CC1COC(=O)C1.CC1COC(C)(C)O1.CC1COCO1.CC1OC2OC(C)(C)OC2C2OC(C)(C)OC12. The lowest BCUT2D eigenvalue weighted by Crippen LogP contribution is -2.53. The number of carbonyl (C=O) groups is 5. The molecule has 127 heavy (non-hydrogen) atoms. The Hall–Kier alpha value is -3.63. The van der Waals surface area contributed by atoms with E-state index < -0.39 is 23.1 Å². The highest BCUT2D eigenvalue weighted by Gasteiger charge is 2.62. The molecule has 28 heteroatoms. The highest BCUT2D eigenvalue weighted by atomic mass is 16.9. The van der Waals surface area contributed by atoms with Gasteiger partial charge in [-0.2, -0.15) is 0 Å². The lowest BCUT2D eigenvalue weighted by Gasteiger charge is -2.55. The predicted octanol–water partition coefficient (Wildman–Crippen LogP) is 16.8. The molecule has 0 aromatic heterocycles. The zero-order valence-corrected chi connectivity index (χ0v) is 82.2. The number of esters is 4. The smallest absolute Gasteiger partial charge is 0.309 e. The summed E-state index contributed by atoms with van der Waals surface area (Å²) in [6, 6.07) is 0.413. The van der Waals surface area contributed by atoms with Gasteiger partial charge in [-0.1, -0.05) is 53.7 Å². The molecule has 17 heterocycles. The van der Waals surface area contributed by atoms with Crippen LogP contribution < -0.4 is 5.32 Å². The van der Waals surface area contributed by atoms with Crippen molar-refractivity contribution in [3.63, 3.8) is 0 Å². The molecular formula is C99H169NO27. The number of rotatable bonds is 3. The van der Waals surface area contributed by atoms with E-state index in [1.807, 2.05) is 111 Å². The molecular weight excluding hydrogens is 1640 g/mol. The first-order valence-corrected chi connectivity index (χ1v) is 49.1. The minimum absolute atomic E-state index is 0.0164. The number of ether oxygens (including phenoxy) is 22. The Morgan fingerprint density at radius 2 is 1.10 bits per heavy atom. The van der Waals surface area contributed by atoms with Gasteiger partial charge in [0.1, 0.15) is 43.4 Å². The standard InChI is InChI=1S/C13H22O5.C13H20O.C12H20O5.C9H12O2.C7H12O2.C7H12O.C6H11NO.C6H12O2.C6H10O2.C6H12O.C5H8O2.C5H10O.C4H8O2/c1-7-9(8-6-14-12(2,3)16-8)15-11-10(7)17-13(4,5)18-11;1-3-14-13-11-5-9-4-10(7-11)8(2)12(13)6-9;1-6-7-8(15-11(2,3)14-7)9-10(13-6)17-12(4,5)16-9;1-4-5-2-6-7(3-5)9(10)11-8(4)6;1-7(2)3-4-9-6(8)5-7;1-5-4-6-2-3-7(5)8-6;1-5-3-2-4-6(8)7-5;1-5-4-7-6(2,3)8-5;1-5-3-2-4-6(7)8-5;1-6-4-2-3-5-7-6;1-4-2-5(6)7-3-4;1-5-3-2-4-6-5;1-4-2-5-3-6-4/h7-11H,6H2,1-5H3;9-13H,2-7H2,1H3;6-10H,1-5H3;4-8H,2-3H2,1H3;3-5H2,1-2H3;5-7H,2-4H2,1H3;5H,2-4H2,1H3,(H,7,8);5H,4H2,1-3H3;5H,2-4H2,1H3;6H,2-5H2,1H3;4H,2-3H2,1H3;5H,2-4H2,1H3;4H,2-3H2,1H3. The summed E-state index contributed by atoms with van der Waals surface area (Å²) in [5, 5.41) is 2.84. The molecule has 0 aromatic rings. The van der Waals surface area contributed by atoms with Crippen LogP contribution in [0.4, 0.5) is 0 Å². The molecule has 8 bridgehead atoms. The molecule has 0 aromatic carbocycles. The molecule has 17 aliphatic heterocycles. The fourth-order valence-corrected chi connectivity index (χ4v) is 21.5. The Morgan fingerprint density at radius 3 is 1.54 bits per heavy atom. The number of amides is 1. The topological polar surface area (TPSA) is 300 Å². The minimum atomic E-state index is -0.625. The average molecular weight is 1810 g/mol. The number of hydrogen-bond donors (Lipinski definition) is 1. The first-order chi connectivity index (χ1) is 59.7. The van der Waals surface area contributed by atoms with Gasteiger partial charge in [0.2, 0.25) is 5.91 Å². The minimum Gasteiger partial charge on any atom is -0.466 e. The fraction of sp³-hybridized carbons (Fsp3) is 0.929. The van der Waals surface area contributed by atoms with Crippen molar-refractivity contribution in [1.82, 2.24) is 5.32 Å². The fourth-order valence-electron chi connectivity index (χ4n) is 21.5. The number of cyclic esters (lactones) is 3. The molecule has 23 rings (SSSR count). The van der Waals surface area contributed by atoms with Crippen molar-refractivity contribution in [2.45, 2.75) is 459 Å². The molecule has 30 unspecified atom stereocenters. The van der Waals surface area contributed by atoms with Crippen LogP contribution >= 0.6 is 0 Å². The molecule has 0 spiro atoms. The van der Waals surface area contributed by atoms with Gasteiger partial charge in [-0.25, -0.2) is 0 Å². The van der Waals surface area contributed by atoms with Gasteiger partial charge in [0.25, 0.3) is 0 Å². The Labute approximate surface area is 761 Å². The maximum absolute atomic E-state index is 11.2. The van der Waals surface area contributed by atoms with E-state index in [4.69, 9.17) is 99.5 Å². The van der Waals surface area contributed by atoms with Crippen LogP contribution in [0, 0.1) is 70.5 Å². The Bertz CT molecular complexity index is 3360. The molecule has 6 aliphatic carbocycles. The maximum atomic E-state index is 11.2. The van der Waals surface area contributed by atoms with Crippen molar-refractivity contribution in [2.75, 3.05) is 59.6 Å². The van der Waals surface area contributed by atoms with Gasteiger partial charge >= 0.3 is 23.9 Å². The molecule has 28 nitrogen and oxygen atoms in total. The summed E-state index contributed by atoms with van der Waals surface area (Å²) in [7, 11) is 0. The summed E-state index contributed by atoms with van der Waals surface area (Å²) in [4.78, 5) is 53.1. The first-order valence-electron chi connectivity index (χ1n) is 49.1. The van der Waals surface area contributed by atoms with Crippen LogP contribution in [0.15, 0.2) is 12.2 Å². The number of fused-ring (bicyclic) bond motifs is 7. The second-order valence-electron chi connectivity index (χ2n) is 42.8. The van der Waals surface area contributed by atoms with Gasteiger partial charge in [-0.05, 0) is 288 Å². The van der Waals surface area contributed by atoms with Gasteiger partial charge in [-0.3, -0.25) is 24.0 Å². The van der Waals surface area contributed by atoms with Gasteiger partial charge in [0.05, 0.1) is 113 Å². The molecule has 23 fully saturated rings. The van der Waals surface area contributed by atoms with Crippen LogP contribution in [0.1, 0.15) is 314 Å². The molecule has 1 amide bonds. The summed E-state index contributed by atoms with van der Waals surface area (Å²) >= 11 is 0. The van der Waals surface area contributed by atoms with E-state index in [0.29, 0.717) is 124 Å². The zero-order valence-electron chi connectivity index (χ0n) is 82.2. The molecule has 732 valence electrons. The molecule has 23 aliphatic rings. The van der Waals surface area contributed by atoms with E-state index in [0.717, 1.165) is 108 Å². The Morgan fingerprint density at radius 1 is 0.457 bits per heavy atom. The van der Waals surface area contributed by atoms with Crippen LogP contribution in [-0.2, 0) is 128 Å². The Balaban J connectivity index is 0.000000146. The van der Waals surface area contributed by atoms with Crippen LogP contribution in [-0.4, -0.2) is 235 Å². The van der Waals surface area contributed by atoms with E-state index in [-0.39, 0.29) is 114 Å². The average Bonchev–Trinajstić information content (AvgIpc) is 1.68. The van der Waals surface area contributed by atoms with Crippen molar-refractivity contribution in [1.29, 1.82) is 0 Å². The highest BCUT2D eigenvalue weighted by molar-refractivity contribution is 5.77. The third-order valence-corrected chi connectivity index (χ3v) is 28.1. The lowest BCUT2D eigenvalue weighted by molar-refractivity contribution is -0.229. The quantitative estimate of drug-likeness (QED) is 0.156. The monoisotopic (exact) mass is 1800 g/mol.